The van der Waals surface area contributed by atoms with E-state index < -0.39 is 0 Å². The summed E-state index contributed by atoms with van der Waals surface area (Å²) in [6.07, 6.45) is 3.38. The molecule has 0 saturated carbocycles. The fourth-order valence-corrected chi connectivity index (χ4v) is 3.03. The van der Waals surface area contributed by atoms with Gasteiger partial charge in [-0.1, -0.05) is 78.9 Å². The maximum Gasteiger partial charge on any atom is -0.00818 e. The summed E-state index contributed by atoms with van der Waals surface area (Å²) < 4.78 is 0. The molecule has 21 heavy (non-hydrogen) atoms. The first-order chi connectivity index (χ1) is 10.4. The van der Waals surface area contributed by atoms with Crippen LogP contribution >= 0.6 is 0 Å². The van der Waals surface area contributed by atoms with Gasteiger partial charge in [-0.2, -0.15) is 0 Å². The van der Waals surface area contributed by atoms with E-state index in [2.05, 4.69) is 84.9 Å². The number of fused-ring (bicyclic) bond motifs is 1. The Kier molecular flexibility index (Phi) is 2.93. The van der Waals surface area contributed by atoms with E-state index >= 15 is 0 Å². The molecule has 1 aliphatic rings. The van der Waals surface area contributed by atoms with E-state index in [1.54, 1.807) is 0 Å². The van der Waals surface area contributed by atoms with E-state index in [4.69, 9.17) is 0 Å². The highest BCUT2D eigenvalue weighted by Gasteiger charge is 2.16. The first-order valence-electron chi connectivity index (χ1n) is 7.36. The lowest BCUT2D eigenvalue weighted by molar-refractivity contribution is 1.31. The van der Waals surface area contributed by atoms with Crippen molar-refractivity contribution < 1.29 is 0 Å². The van der Waals surface area contributed by atoms with E-state index in [-0.39, 0.29) is 0 Å². The highest BCUT2D eigenvalue weighted by atomic mass is 14.2. The van der Waals surface area contributed by atoms with Crippen molar-refractivity contribution in [3.8, 4) is 11.1 Å². The van der Waals surface area contributed by atoms with Gasteiger partial charge in [0, 0.05) is 0 Å². The second-order valence-corrected chi connectivity index (χ2v) is 5.43. The third-order valence-electron chi connectivity index (χ3n) is 4.12. The van der Waals surface area contributed by atoms with Crippen LogP contribution in [-0.2, 0) is 6.42 Å². The molecule has 0 unspecified atom stereocenters. The maximum absolute atomic E-state index is 2.34. The third-order valence-corrected chi connectivity index (χ3v) is 4.12. The van der Waals surface area contributed by atoms with Crippen LogP contribution < -0.4 is 0 Å². The first kappa shape index (κ1) is 12.2. The van der Waals surface area contributed by atoms with Gasteiger partial charge in [0.05, 0.1) is 0 Å². The summed E-state index contributed by atoms with van der Waals surface area (Å²) >= 11 is 0. The highest BCUT2D eigenvalue weighted by molar-refractivity contribution is 5.86. The summed E-state index contributed by atoms with van der Waals surface area (Å²) in [4.78, 5) is 0. The van der Waals surface area contributed by atoms with Crippen LogP contribution in [0.25, 0.3) is 16.7 Å². The molecule has 0 heteroatoms. The Labute approximate surface area is 125 Å². The van der Waals surface area contributed by atoms with Crippen LogP contribution in [0.15, 0.2) is 84.9 Å². The van der Waals surface area contributed by atoms with Crippen LogP contribution in [0.2, 0.25) is 0 Å². The molecule has 0 bridgehead atoms. The number of allylic oxidation sites excluding steroid dienone is 1. The van der Waals surface area contributed by atoms with Crippen molar-refractivity contribution in [2.24, 2.45) is 0 Å². The van der Waals surface area contributed by atoms with Gasteiger partial charge in [-0.15, -0.1) is 0 Å². The van der Waals surface area contributed by atoms with Crippen LogP contribution in [0, 0.1) is 0 Å². The average molecular weight is 268 g/mol. The molecule has 3 aromatic rings. The fourth-order valence-electron chi connectivity index (χ4n) is 3.03. The van der Waals surface area contributed by atoms with Gasteiger partial charge < -0.3 is 0 Å². The fraction of sp³-hybridized carbons (Fsp3) is 0.0476. The Morgan fingerprint density at radius 2 is 1.24 bits per heavy atom. The summed E-state index contributed by atoms with van der Waals surface area (Å²) in [5.41, 5.74) is 8.04. The molecule has 0 heterocycles. The monoisotopic (exact) mass is 268 g/mol. The molecular formula is C21H16. The second kappa shape index (κ2) is 5.06. The van der Waals surface area contributed by atoms with Crippen LogP contribution in [-0.4, -0.2) is 0 Å². The molecule has 0 spiro atoms. The lowest BCUT2D eigenvalue weighted by Crippen LogP contribution is -1.88. The zero-order valence-electron chi connectivity index (χ0n) is 11.8. The standard InChI is InChI=1S/C21H16/c1-3-7-16(8-4-1)19-12-11-18-13-14-20(21(18)15-19)17-9-5-2-6-10-17/h1-12,14-15H,13H2. The smallest absolute Gasteiger partial charge is 0.00818 e. The number of rotatable bonds is 2. The van der Waals surface area contributed by atoms with E-state index in [1.807, 2.05) is 0 Å². The molecule has 0 radical (unpaired) electrons. The van der Waals surface area contributed by atoms with Crippen LogP contribution in [0.3, 0.4) is 0 Å². The largest absolute Gasteiger partial charge is 0.0716 e. The van der Waals surface area contributed by atoms with Gasteiger partial charge in [0.25, 0.3) is 0 Å². The first-order valence-corrected chi connectivity index (χ1v) is 7.36. The van der Waals surface area contributed by atoms with Crippen molar-refractivity contribution in [2.45, 2.75) is 6.42 Å². The molecule has 3 aromatic carbocycles. The van der Waals surface area contributed by atoms with E-state index in [1.165, 1.54) is 33.4 Å². The zero-order chi connectivity index (χ0) is 14.1. The van der Waals surface area contributed by atoms with E-state index in [0.29, 0.717) is 0 Å². The second-order valence-electron chi connectivity index (χ2n) is 5.43. The number of hydrogen-bond acceptors (Lipinski definition) is 0. The Hall–Kier alpha value is -2.60. The zero-order valence-corrected chi connectivity index (χ0v) is 11.8. The topological polar surface area (TPSA) is 0 Å². The minimum atomic E-state index is 1.04. The minimum absolute atomic E-state index is 1.04. The summed E-state index contributed by atoms with van der Waals surface area (Å²) in [5.74, 6) is 0. The molecule has 0 amide bonds. The normalized spacial score (nSPS) is 12.9. The number of hydrogen-bond donors (Lipinski definition) is 0. The predicted molar refractivity (Wildman–Crippen MR) is 89.1 cm³/mol. The Balaban J connectivity index is 1.81. The van der Waals surface area contributed by atoms with E-state index in [9.17, 15) is 0 Å². The lowest BCUT2D eigenvalue weighted by atomic mass is 9.95. The SMILES string of the molecule is C1=C(c2ccccc2)c2cc(-c3ccccc3)ccc2C1. The summed E-state index contributed by atoms with van der Waals surface area (Å²) in [6.45, 7) is 0. The Morgan fingerprint density at radius 1 is 0.571 bits per heavy atom. The van der Waals surface area contributed by atoms with Gasteiger partial charge in [0.15, 0.2) is 0 Å². The van der Waals surface area contributed by atoms with Gasteiger partial charge in [-0.3, -0.25) is 0 Å². The van der Waals surface area contributed by atoms with Crippen molar-refractivity contribution in [3.63, 3.8) is 0 Å². The summed E-state index contributed by atoms with van der Waals surface area (Å²) in [7, 11) is 0. The summed E-state index contributed by atoms with van der Waals surface area (Å²) in [6, 6.07) is 28.1. The van der Waals surface area contributed by atoms with Gasteiger partial charge >= 0.3 is 0 Å². The van der Waals surface area contributed by atoms with Gasteiger partial charge in [-0.05, 0) is 45.9 Å². The molecule has 0 N–H and O–H groups in total. The van der Waals surface area contributed by atoms with Gasteiger partial charge in [-0.25, -0.2) is 0 Å². The molecule has 100 valence electrons. The van der Waals surface area contributed by atoms with Crippen molar-refractivity contribution in [1.29, 1.82) is 0 Å². The van der Waals surface area contributed by atoms with Crippen LogP contribution in [0.4, 0.5) is 0 Å². The quantitative estimate of drug-likeness (QED) is 0.588. The lowest BCUT2D eigenvalue weighted by Gasteiger charge is -2.09. The molecule has 4 rings (SSSR count). The molecule has 0 aliphatic heterocycles. The van der Waals surface area contributed by atoms with Crippen molar-refractivity contribution in [3.05, 3.63) is 102 Å². The van der Waals surface area contributed by atoms with Crippen molar-refractivity contribution in [2.75, 3.05) is 0 Å². The molecule has 1 aliphatic carbocycles. The number of benzene rings is 3. The van der Waals surface area contributed by atoms with Crippen molar-refractivity contribution >= 4 is 5.57 Å². The van der Waals surface area contributed by atoms with Gasteiger partial charge in [0.2, 0.25) is 0 Å². The van der Waals surface area contributed by atoms with E-state index in [0.717, 1.165) is 6.42 Å². The third kappa shape index (κ3) is 2.19. The molecule has 0 saturated heterocycles. The minimum Gasteiger partial charge on any atom is -0.0716 e. The predicted octanol–water partition coefficient (Wildman–Crippen LogP) is 5.34. The van der Waals surface area contributed by atoms with Gasteiger partial charge in [0.1, 0.15) is 0 Å². The maximum atomic E-state index is 2.34. The molecule has 0 aromatic heterocycles. The molecule has 0 atom stereocenters. The Bertz CT molecular complexity index is 796. The van der Waals surface area contributed by atoms with Crippen molar-refractivity contribution in [1.82, 2.24) is 0 Å². The Morgan fingerprint density at radius 3 is 1.95 bits per heavy atom. The molecule has 0 nitrogen and oxygen atoms in total. The van der Waals surface area contributed by atoms with Crippen LogP contribution in [0.5, 0.6) is 0 Å². The molecule has 0 fully saturated rings. The molecular weight excluding hydrogens is 252 g/mol. The summed E-state index contributed by atoms with van der Waals surface area (Å²) in [5, 5.41) is 0. The van der Waals surface area contributed by atoms with Crippen LogP contribution in [0.1, 0.15) is 16.7 Å². The highest BCUT2D eigenvalue weighted by Crippen LogP contribution is 2.35. The average Bonchev–Trinajstić information content (AvgIpc) is 2.99.